The summed E-state index contributed by atoms with van der Waals surface area (Å²) < 4.78 is 52.0. The second-order valence-corrected chi connectivity index (χ2v) is 8.77. The molecule has 21 heavy (non-hydrogen) atoms. The molecule has 2 rings (SSSR count). The number of hydrogen-bond acceptors (Lipinski definition) is 5. The van der Waals surface area contributed by atoms with Gasteiger partial charge in [0.05, 0.1) is 16.2 Å². The van der Waals surface area contributed by atoms with E-state index in [0.717, 1.165) is 5.56 Å². The number of sulfonamides is 1. The first-order valence-electron chi connectivity index (χ1n) is 6.70. The van der Waals surface area contributed by atoms with Crippen molar-refractivity contribution in [2.75, 3.05) is 0 Å². The Labute approximate surface area is 125 Å². The van der Waals surface area contributed by atoms with Gasteiger partial charge in [-0.1, -0.05) is 17.7 Å². The van der Waals surface area contributed by atoms with Crippen molar-refractivity contribution in [3.05, 3.63) is 29.8 Å². The van der Waals surface area contributed by atoms with E-state index in [-0.39, 0.29) is 4.90 Å². The maximum atomic E-state index is 12.1. The highest BCUT2D eigenvalue weighted by Crippen LogP contribution is 2.27. The molecule has 1 aliphatic rings. The largest absolute Gasteiger partial charge is 0.297 e. The van der Waals surface area contributed by atoms with Crippen molar-refractivity contribution in [3.63, 3.8) is 0 Å². The summed E-state index contributed by atoms with van der Waals surface area (Å²) in [5.74, 6) is 0. The summed E-state index contributed by atoms with van der Waals surface area (Å²) in [6.07, 6.45) is 0.896. The van der Waals surface area contributed by atoms with E-state index in [9.17, 15) is 16.8 Å². The first kappa shape index (κ1) is 16.4. The average Bonchev–Trinajstić information content (AvgIpc) is 2.38. The minimum atomic E-state index is -3.81. The van der Waals surface area contributed by atoms with Gasteiger partial charge in [0.15, 0.2) is 0 Å². The lowest BCUT2D eigenvalue weighted by molar-refractivity contribution is 0.163. The van der Waals surface area contributed by atoms with Crippen LogP contribution >= 0.6 is 0 Å². The number of aryl methyl sites for hydroxylation is 1. The highest BCUT2D eigenvalue weighted by molar-refractivity contribution is 7.89. The molecule has 1 fully saturated rings. The molecule has 8 heteroatoms. The summed E-state index contributed by atoms with van der Waals surface area (Å²) in [6, 6.07) is 6.41. The summed E-state index contributed by atoms with van der Waals surface area (Å²) in [6.45, 7) is 1.87. The van der Waals surface area contributed by atoms with Gasteiger partial charge in [-0.2, -0.15) is 8.42 Å². The van der Waals surface area contributed by atoms with Crippen molar-refractivity contribution in [2.45, 2.75) is 48.9 Å². The van der Waals surface area contributed by atoms with Crippen LogP contribution in [0.3, 0.4) is 0 Å². The maximum Gasteiger partial charge on any atom is 0.297 e. The molecular weight excluding hydrogens is 314 g/mol. The molecule has 0 unspecified atom stereocenters. The Balaban J connectivity index is 2.01. The third-order valence-electron chi connectivity index (χ3n) is 3.66. The fraction of sp³-hybridized carbons (Fsp3) is 0.538. The van der Waals surface area contributed by atoms with Crippen LogP contribution < -0.4 is 5.14 Å². The molecule has 1 aromatic carbocycles. The molecule has 0 heterocycles. The second-order valence-electron chi connectivity index (χ2n) is 5.35. The Kier molecular flexibility index (Phi) is 4.72. The maximum absolute atomic E-state index is 12.1. The molecule has 0 amide bonds. The lowest BCUT2D eigenvalue weighted by Crippen LogP contribution is -2.35. The molecule has 0 atom stereocenters. The van der Waals surface area contributed by atoms with Crippen LogP contribution in [0.5, 0.6) is 0 Å². The predicted molar refractivity (Wildman–Crippen MR) is 78.6 cm³/mol. The topological polar surface area (TPSA) is 104 Å². The van der Waals surface area contributed by atoms with Crippen molar-refractivity contribution < 1.29 is 21.0 Å². The van der Waals surface area contributed by atoms with Crippen LogP contribution in [0.4, 0.5) is 0 Å². The number of benzene rings is 1. The zero-order chi connectivity index (χ0) is 15.7. The number of primary sulfonamides is 1. The van der Waals surface area contributed by atoms with Gasteiger partial charge in [0.25, 0.3) is 10.1 Å². The van der Waals surface area contributed by atoms with E-state index in [4.69, 9.17) is 9.32 Å². The van der Waals surface area contributed by atoms with E-state index in [1.165, 1.54) is 12.1 Å². The van der Waals surface area contributed by atoms with Crippen LogP contribution in [0.1, 0.15) is 31.2 Å². The minimum Gasteiger partial charge on any atom is -0.263 e. The molecule has 1 saturated carbocycles. The first-order valence-corrected chi connectivity index (χ1v) is 9.72. The van der Waals surface area contributed by atoms with Crippen LogP contribution in [0.2, 0.25) is 0 Å². The van der Waals surface area contributed by atoms with Gasteiger partial charge in [-0.05, 0) is 44.7 Å². The van der Waals surface area contributed by atoms with Gasteiger partial charge in [0.2, 0.25) is 10.0 Å². The highest BCUT2D eigenvalue weighted by Gasteiger charge is 2.31. The Morgan fingerprint density at radius 1 is 1.00 bits per heavy atom. The Morgan fingerprint density at radius 2 is 1.52 bits per heavy atom. The Hall–Kier alpha value is -0.960. The van der Waals surface area contributed by atoms with E-state index in [0.29, 0.717) is 25.7 Å². The fourth-order valence-corrected chi connectivity index (χ4v) is 4.46. The monoisotopic (exact) mass is 333 g/mol. The van der Waals surface area contributed by atoms with Crippen LogP contribution in [-0.2, 0) is 24.3 Å². The summed E-state index contributed by atoms with van der Waals surface area (Å²) in [5, 5.41) is 4.50. The van der Waals surface area contributed by atoms with Crippen LogP contribution in [0.15, 0.2) is 29.2 Å². The van der Waals surface area contributed by atoms with Crippen molar-refractivity contribution in [2.24, 2.45) is 5.14 Å². The number of rotatable bonds is 4. The zero-order valence-electron chi connectivity index (χ0n) is 11.7. The molecule has 0 bridgehead atoms. The van der Waals surface area contributed by atoms with Gasteiger partial charge in [-0.25, -0.2) is 13.6 Å². The summed E-state index contributed by atoms with van der Waals surface area (Å²) >= 11 is 0. The normalized spacial score (nSPS) is 23.9. The molecule has 1 aliphatic carbocycles. The van der Waals surface area contributed by atoms with Crippen molar-refractivity contribution >= 4 is 20.1 Å². The third-order valence-corrected chi connectivity index (χ3v) is 6.43. The van der Waals surface area contributed by atoms with E-state index in [2.05, 4.69) is 0 Å². The SMILES string of the molecule is Cc1ccc(S(=O)(=O)OC2CCC(S(N)(=O)=O)CC2)cc1. The highest BCUT2D eigenvalue weighted by atomic mass is 32.2. The predicted octanol–water partition coefficient (Wildman–Crippen LogP) is 1.30. The number of hydrogen-bond donors (Lipinski definition) is 1. The van der Waals surface area contributed by atoms with Crippen LogP contribution in [-0.4, -0.2) is 28.2 Å². The van der Waals surface area contributed by atoms with E-state index >= 15 is 0 Å². The molecule has 2 N–H and O–H groups in total. The van der Waals surface area contributed by atoms with Crippen molar-refractivity contribution in [1.29, 1.82) is 0 Å². The number of nitrogens with two attached hydrogens (primary N) is 1. The zero-order valence-corrected chi connectivity index (χ0v) is 13.4. The van der Waals surface area contributed by atoms with Crippen molar-refractivity contribution in [3.8, 4) is 0 Å². The first-order chi connectivity index (χ1) is 9.68. The second kappa shape index (κ2) is 6.04. The molecule has 6 nitrogen and oxygen atoms in total. The Bertz CT molecular complexity index is 687. The van der Waals surface area contributed by atoms with E-state index in [1.807, 2.05) is 6.92 Å². The van der Waals surface area contributed by atoms with Crippen LogP contribution in [0, 0.1) is 6.92 Å². The fourth-order valence-electron chi connectivity index (χ4n) is 2.40. The lowest BCUT2D eigenvalue weighted by atomic mass is 9.97. The van der Waals surface area contributed by atoms with E-state index in [1.54, 1.807) is 12.1 Å². The van der Waals surface area contributed by atoms with Crippen molar-refractivity contribution in [1.82, 2.24) is 0 Å². The molecule has 1 aromatic rings. The van der Waals surface area contributed by atoms with Gasteiger partial charge in [-0.3, -0.25) is 4.18 Å². The third kappa shape index (κ3) is 4.26. The lowest BCUT2D eigenvalue weighted by Gasteiger charge is -2.26. The summed E-state index contributed by atoms with van der Waals surface area (Å²) in [7, 11) is -7.37. The van der Waals surface area contributed by atoms with Gasteiger partial charge >= 0.3 is 0 Å². The smallest absolute Gasteiger partial charge is 0.263 e. The van der Waals surface area contributed by atoms with Gasteiger partial charge < -0.3 is 0 Å². The summed E-state index contributed by atoms with van der Waals surface area (Å²) in [5.41, 5.74) is 0.961. The van der Waals surface area contributed by atoms with Gasteiger partial charge in [0, 0.05) is 0 Å². The molecule has 118 valence electrons. The van der Waals surface area contributed by atoms with Gasteiger partial charge in [-0.15, -0.1) is 0 Å². The average molecular weight is 333 g/mol. The van der Waals surface area contributed by atoms with Gasteiger partial charge in [0.1, 0.15) is 0 Å². The molecule has 0 aromatic heterocycles. The van der Waals surface area contributed by atoms with Crippen LogP contribution in [0.25, 0.3) is 0 Å². The Morgan fingerprint density at radius 3 is 2.00 bits per heavy atom. The molecule has 0 aliphatic heterocycles. The molecule has 0 radical (unpaired) electrons. The quantitative estimate of drug-likeness (QED) is 0.836. The molecule has 0 spiro atoms. The van der Waals surface area contributed by atoms with E-state index < -0.39 is 31.5 Å². The molecular formula is C13H19NO5S2. The molecule has 0 saturated heterocycles. The summed E-state index contributed by atoms with van der Waals surface area (Å²) in [4.78, 5) is 0.113. The minimum absolute atomic E-state index is 0.113. The standard InChI is InChI=1S/C13H19NO5S2/c1-10-2-6-13(7-3-10)21(17,18)19-11-4-8-12(9-5-11)20(14,15)16/h2-3,6-7,11-12H,4-5,8-9H2,1H3,(H2,14,15,16).